The number of para-hydroxylation sites is 3. The Hall–Kier alpha value is -8.92. The van der Waals surface area contributed by atoms with Crippen molar-refractivity contribution in [3.63, 3.8) is 0 Å². The van der Waals surface area contributed by atoms with Gasteiger partial charge >= 0.3 is 0 Å². The Bertz CT molecular complexity index is 3770. The van der Waals surface area contributed by atoms with Gasteiger partial charge in [-0.05, 0) is 64.7 Å². The molecule has 0 bridgehead atoms. The molecule has 6 nitrogen and oxygen atoms in total. The topological polar surface area (TPSA) is 72.3 Å². The highest BCUT2D eigenvalue weighted by Gasteiger charge is 2.22. The van der Waals surface area contributed by atoms with Gasteiger partial charge in [0.25, 0.3) is 0 Å². The molecule has 0 atom stereocenters. The highest BCUT2D eigenvalue weighted by molar-refractivity contribution is 6.15. The van der Waals surface area contributed by atoms with Crippen molar-refractivity contribution in [2.75, 3.05) is 0 Å². The largest absolute Gasteiger partial charge is 0.307 e. The van der Waals surface area contributed by atoms with E-state index >= 15 is 0 Å². The fraction of sp³-hybridized carbons (Fsp3) is 0. The third-order valence-electron chi connectivity index (χ3n) is 12.2. The number of nitrogens with zero attached hydrogens (tertiary/aromatic N) is 6. The monoisotopic (exact) mass is 816 g/mol. The van der Waals surface area contributed by atoms with E-state index in [1.165, 1.54) is 0 Å². The van der Waals surface area contributed by atoms with Crippen LogP contribution in [0.3, 0.4) is 0 Å². The van der Waals surface area contributed by atoms with Gasteiger partial charge in [0.15, 0.2) is 17.5 Å². The van der Waals surface area contributed by atoms with Crippen LogP contribution in [0.15, 0.2) is 218 Å². The molecule has 0 spiro atoms. The molecular weight excluding hydrogens is 781 g/mol. The lowest BCUT2D eigenvalue weighted by Gasteiger charge is -2.17. The van der Waals surface area contributed by atoms with Gasteiger partial charge in [0.1, 0.15) is 0 Å². The summed E-state index contributed by atoms with van der Waals surface area (Å²) in [6, 6.07) is 78.0. The molecule has 12 rings (SSSR count). The lowest BCUT2D eigenvalue weighted by atomic mass is 9.98. The normalized spacial score (nSPS) is 11.4. The first-order chi connectivity index (χ1) is 31.7. The van der Waals surface area contributed by atoms with Crippen LogP contribution in [0.2, 0.25) is 0 Å². The number of rotatable bonds is 7. The standard InChI is InChI=1S/C58H36N6/c59-37-38-27-33-48-46-21-10-13-25-52(46)64(54(48)35-38)53-26-14-23-49-47-22-11-12-24-51(47)63(55(49)53)44-32-34-45(41-17-6-2-7-18-41)50(36-44)58-61-56(42-19-8-3-9-20-42)60-57(62-58)43-30-28-40(29-31-43)39-15-4-1-5-16-39/h1-36H. The summed E-state index contributed by atoms with van der Waals surface area (Å²) >= 11 is 0. The van der Waals surface area contributed by atoms with Crippen molar-refractivity contribution in [1.29, 1.82) is 5.26 Å². The average Bonchev–Trinajstić information content (AvgIpc) is 3.89. The zero-order valence-corrected chi connectivity index (χ0v) is 34.5. The molecule has 0 aliphatic rings. The van der Waals surface area contributed by atoms with Crippen LogP contribution in [0.1, 0.15) is 5.56 Å². The minimum absolute atomic E-state index is 0.573. The van der Waals surface area contributed by atoms with Gasteiger partial charge in [-0.3, -0.25) is 0 Å². The Morgan fingerprint density at radius 2 is 0.859 bits per heavy atom. The second-order valence-corrected chi connectivity index (χ2v) is 15.9. The van der Waals surface area contributed by atoms with Crippen molar-refractivity contribution in [1.82, 2.24) is 24.1 Å². The van der Waals surface area contributed by atoms with Crippen LogP contribution in [0.4, 0.5) is 0 Å². The van der Waals surface area contributed by atoms with Gasteiger partial charge in [0.2, 0.25) is 0 Å². The van der Waals surface area contributed by atoms with E-state index in [4.69, 9.17) is 15.0 Å². The number of fused-ring (bicyclic) bond motifs is 6. The van der Waals surface area contributed by atoms with Crippen molar-refractivity contribution in [2.24, 2.45) is 0 Å². The average molecular weight is 817 g/mol. The molecule has 0 aliphatic carbocycles. The minimum Gasteiger partial charge on any atom is -0.307 e. The van der Waals surface area contributed by atoms with E-state index in [9.17, 15) is 5.26 Å². The van der Waals surface area contributed by atoms with E-state index in [1.54, 1.807) is 0 Å². The molecule has 12 aromatic rings. The maximum absolute atomic E-state index is 10.1. The zero-order chi connectivity index (χ0) is 42.6. The Labute approximate surface area is 369 Å². The first-order valence-corrected chi connectivity index (χ1v) is 21.3. The number of hydrogen-bond acceptors (Lipinski definition) is 4. The number of benzene rings is 9. The lowest BCUT2D eigenvalue weighted by Crippen LogP contribution is -2.03. The van der Waals surface area contributed by atoms with E-state index in [1.807, 2.05) is 54.6 Å². The number of nitriles is 1. The van der Waals surface area contributed by atoms with Crippen LogP contribution in [0.5, 0.6) is 0 Å². The second kappa shape index (κ2) is 15.2. The molecule has 0 unspecified atom stereocenters. The van der Waals surface area contributed by atoms with Crippen molar-refractivity contribution in [3.8, 4) is 73.9 Å². The van der Waals surface area contributed by atoms with Crippen molar-refractivity contribution >= 4 is 43.6 Å². The van der Waals surface area contributed by atoms with Gasteiger partial charge in [-0.25, -0.2) is 15.0 Å². The Morgan fingerprint density at radius 3 is 1.55 bits per heavy atom. The van der Waals surface area contributed by atoms with E-state index in [2.05, 4.69) is 179 Å². The molecule has 0 fully saturated rings. The molecule has 9 aromatic carbocycles. The van der Waals surface area contributed by atoms with E-state index in [0.29, 0.717) is 23.0 Å². The van der Waals surface area contributed by atoms with Gasteiger partial charge in [-0.15, -0.1) is 0 Å². The van der Waals surface area contributed by atoms with E-state index in [-0.39, 0.29) is 0 Å². The summed E-state index contributed by atoms with van der Waals surface area (Å²) < 4.78 is 4.69. The van der Waals surface area contributed by atoms with Crippen LogP contribution >= 0.6 is 0 Å². The van der Waals surface area contributed by atoms with Crippen LogP contribution in [0, 0.1) is 11.3 Å². The summed E-state index contributed by atoms with van der Waals surface area (Å²) in [7, 11) is 0. The van der Waals surface area contributed by atoms with Gasteiger partial charge in [0, 0.05) is 43.9 Å². The number of aromatic nitrogens is 5. The molecule has 0 amide bonds. The summed E-state index contributed by atoms with van der Waals surface area (Å²) in [5.74, 6) is 1.76. The van der Waals surface area contributed by atoms with Gasteiger partial charge in [-0.2, -0.15) is 5.26 Å². The quantitative estimate of drug-likeness (QED) is 0.161. The summed E-state index contributed by atoms with van der Waals surface area (Å²) in [5, 5.41) is 14.5. The fourth-order valence-corrected chi connectivity index (χ4v) is 9.26. The van der Waals surface area contributed by atoms with Crippen molar-refractivity contribution in [2.45, 2.75) is 0 Å². The highest BCUT2D eigenvalue weighted by atomic mass is 15.1. The zero-order valence-electron chi connectivity index (χ0n) is 34.5. The third kappa shape index (κ3) is 6.14. The maximum Gasteiger partial charge on any atom is 0.164 e. The third-order valence-corrected chi connectivity index (χ3v) is 12.2. The minimum atomic E-state index is 0.573. The molecule has 0 aliphatic heterocycles. The first kappa shape index (κ1) is 36.9. The molecule has 0 saturated heterocycles. The predicted octanol–water partition coefficient (Wildman–Crippen LogP) is 14.3. The fourth-order valence-electron chi connectivity index (χ4n) is 9.26. The van der Waals surface area contributed by atoms with Crippen molar-refractivity contribution in [3.05, 3.63) is 224 Å². The van der Waals surface area contributed by atoms with Crippen LogP contribution in [-0.2, 0) is 0 Å². The molecule has 298 valence electrons. The summed E-state index contributed by atoms with van der Waals surface area (Å²) in [5.41, 5.74) is 13.8. The predicted molar refractivity (Wildman–Crippen MR) is 260 cm³/mol. The highest BCUT2D eigenvalue weighted by Crippen LogP contribution is 2.42. The summed E-state index contributed by atoms with van der Waals surface area (Å²) in [6.07, 6.45) is 0. The van der Waals surface area contributed by atoms with Gasteiger partial charge < -0.3 is 9.13 Å². The molecule has 3 heterocycles. The van der Waals surface area contributed by atoms with Crippen LogP contribution in [0.25, 0.3) is 111 Å². The van der Waals surface area contributed by atoms with E-state index in [0.717, 1.165) is 93.9 Å². The molecule has 0 saturated carbocycles. The second-order valence-electron chi connectivity index (χ2n) is 15.9. The lowest BCUT2D eigenvalue weighted by molar-refractivity contribution is 1.07. The number of hydrogen-bond donors (Lipinski definition) is 0. The van der Waals surface area contributed by atoms with Crippen LogP contribution in [-0.4, -0.2) is 24.1 Å². The SMILES string of the molecule is N#Cc1ccc2c3ccccc3n(-c3cccc4c5ccccc5n(-c5ccc(-c6ccccc6)c(-c6nc(-c7ccccc7)nc(-c7ccc(-c8ccccc8)cc7)n6)c5)c34)c2c1. The smallest absolute Gasteiger partial charge is 0.164 e. The molecule has 6 heteroatoms. The van der Waals surface area contributed by atoms with E-state index < -0.39 is 0 Å². The summed E-state index contributed by atoms with van der Waals surface area (Å²) in [4.78, 5) is 15.7. The Kier molecular flexibility index (Phi) is 8.77. The maximum atomic E-state index is 10.1. The Morgan fingerprint density at radius 1 is 0.344 bits per heavy atom. The first-order valence-electron chi connectivity index (χ1n) is 21.3. The molecule has 0 N–H and O–H groups in total. The molecule has 3 aromatic heterocycles. The Balaban J connectivity index is 1.13. The molecular formula is C58H36N6. The van der Waals surface area contributed by atoms with Crippen LogP contribution < -0.4 is 0 Å². The van der Waals surface area contributed by atoms with Gasteiger partial charge in [-0.1, -0.05) is 176 Å². The van der Waals surface area contributed by atoms with Gasteiger partial charge in [0.05, 0.1) is 39.4 Å². The molecule has 64 heavy (non-hydrogen) atoms. The summed E-state index contributed by atoms with van der Waals surface area (Å²) in [6.45, 7) is 0. The molecule has 0 radical (unpaired) electrons. The van der Waals surface area contributed by atoms with Crippen molar-refractivity contribution < 1.29 is 0 Å².